The fourth-order valence-corrected chi connectivity index (χ4v) is 2.13. The molecule has 0 saturated carbocycles. The number of rotatable bonds is 3. The van der Waals surface area contributed by atoms with E-state index in [-0.39, 0.29) is 11.5 Å². The van der Waals surface area contributed by atoms with Crippen LogP contribution in [0, 0.1) is 0 Å². The molecule has 0 aromatic heterocycles. The summed E-state index contributed by atoms with van der Waals surface area (Å²) in [6, 6.07) is 7.76. The summed E-state index contributed by atoms with van der Waals surface area (Å²) < 4.78 is 11.0. The number of morpholine rings is 1. The van der Waals surface area contributed by atoms with Crippen molar-refractivity contribution >= 4 is 5.91 Å². The third kappa shape index (κ3) is 4.53. The summed E-state index contributed by atoms with van der Waals surface area (Å²) in [5, 5.41) is 0. The Bertz CT molecular complexity index is 442. The molecule has 0 radical (unpaired) electrons. The highest BCUT2D eigenvalue weighted by molar-refractivity contribution is 5.78. The van der Waals surface area contributed by atoms with E-state index in [2.05, 4.69) is 0 Å². The molecule has 1 aromatic carbocycles. The Morgan fingerprint density at radius 3 is 2.35 bits per heavy atom. The van der Waals surface area contributed by atoms with Crippen LogP contribution in [-0.2, 0) is 16.0 Å². The molecule has 1 fully saturated rings. The molecule has 0 bridgehead atoms. The van der Waals surface area contributed by atoms with Crippen molar-refractivity contribution in [3.63, 3.8) is 0 Å². The molecule has 0 N–H and O–H groups in total. The van der Waals surface area contributed by atoms with E-state index in [1.165, 1.54) is 0 Å². The number of amides is 1. The molecule has 1 aliphatic heterocycles. The summed E-state index contributed by atoms with van der Waals surface area (Å²) in [6.45, 7) is 8.73. The van der Waals surface area contributed by atoms with Crippen molar-refractivity contribution in [3.05, 3.63) is 29.8 Å². The summed E-state index contributed by atoms with van der Waals surface area (Å²) in [7, 11) is 0. The van der Waals surface area contributed by atoms with Crippen molar-refractivity contribution < 1.29 is 14.3 Å². The summed E-state index contributed by atoms with van der Waals surface area (Å²) in [6.07, 6.45) is 0.440. The van der Waals surface area contributed by atoms with Gasteiger partial charge in [-0.15, -0.1) is 0 Å². The van der Waals surface area contributed by atoms with Gasteiger partial charge in [-0.1, -0.05) is 12.1 Å². The smallest absolute Gasteiger partial charge is 0.227 e. The number of benzene rings is 1. The Morgan fingerprint density at radius 2 is 1.80 bits per heavy atom. The second kappa shape index (κ2) is 6.27. The van der Waals surface area contributed by atoms with Crippen LogP contribution in [0.4, 0.5) is 0 Å². The highest BCUT2D eigenvalue weighted by Crippen LogP contribution is 2.19. The Balaban J connectivity index is 1.91. The lowest BCUT2D eigenvalue weighted by Crippen LogP contribution is -2.41. The average molecular weight is 277 g/mol. The molecule has 0 spiro atoms. The molecule has 1 aliphatic rings. The number of hydrogen-bond donors (Lipinski definition) is 0. The minimum absolute atomic E-state index is 0.165. The summed E-state index contributed by atoms with van der Waals surface area (Å²) in [5.74, 6) is 0.998. The number of hydrogen-bond acceptors (Lipinski definition) is 3. The van der Waals surface area contributed by atoms with Crippen molar-refractivity contribution in [1.82, 2.24) is 4.90 Å². The topological polar surface area (TPSA) is 38.8 Å². The molecule has 110 valence electrons. The number of ether oxygens (including phenoxy) is 2. The van der Waals surface area contributed by atoms with Gasteiger partial charge in [0, 0.05) is 13.1 Å². The Labute approximate surface area is 120 Å². The van der Waals surface area contributed by atoms with Crippen molar-refractivity contribution in [1.29, 1.82) is 0 Å². The van der Waals surface area contributed by atoms with E-state index in [0.717, 1.165) is 11.3 Å². The largest absolute Gasteiger partial charge is 0.488 e. The molecule has 1 saturated heterocycles. The van der Waals surface area contributed by atoms with Crippen LogP contribution in [0.3, 0.4) is 0 Å². The van der Waals surface area contributed by atoms with Crippen LogP contribution in [0.2, 0.25) is 0 Å². The van der Waals surface area contributed by atoms with Gasteiger partial charge >= 0.3 is 0 Å². The van der Waals surface area contributed by atoms with Gasteiger partial charge in [-0.05, 0) is 38.5 Å². The minimum Gasteiger partial charge on any atom is -0.488 e. The molecule has 1 heterocycles. The molecule has 2 rings (SSSR count). The Kier molecular flexibility index (Phi) is 4.65. The van der Waals surface area contributed by atoms with Gasteiger partial charge in [0.1, 0.15) is 11.4 Å². The molecule has 0 atom stereocenters. The van der Waals surface area contributed by atoms with Gasteiger partial charge in [0.2, 0.25) is 5.91 Å². The van der Waals surface area contributed by atoms with E-state index < -0.39 is 0 Å². The van der Waals surface area contributed by atoms with E-state index >= 15 is 0 Å². The highest BCUT2D eigenvalue weighted by atomic mass is 16.5. The molecular formula is C16H23NO3. The van der Waals surface area contributed by atoms with Crippen LogP contribution in [0.25, 0.3) is 0 Å². The van der Waals surface area contributed by atoms with Crippen LogP contribution in [-0.4, -0.2) is 42.7 Å². The Morgan fingerprint density at radius 1 is 1.20 bits per heavy atom. The van der Waals surface area contributed by atoms with Gasteiger partial charge < -0.3 is 14.4 Å². The molecular weight excluding hydrogens is 254 g/mol. The molecule has 0 unspecified atom stereocenters. The van der Waals surface area contributed by atoms with Crippen LogP contribution in [0.15, 0.2) is 24.3 Å². The minimum atomic E-state index is -0.203. The molecule has 1 aromatic rings. The van der Waals surface area contributed by atoms with Crippen LogP contribution in [0.5, 0.6) is 5.75 Å². The number of nitrogens with zero attached hydrogens (tertiary/aromatic N) is 1. The molecule has 20 heavy (non-hydrogen) atoms. The van der Waals surface area contributed by atoms with Gasteiger partial charge in [0.25, 0.3) is 0 Å². The van der Waals surface area contributed by atoms with E-state index in [9.17, 15) is 4.79 Å². The lowest BCUT2D eigenvalue weighted by Gasteiger charge is -2.27. The maximum atomic E-state index is 12.1. The van der Waals surface area contributed by atoms with Crippen molar-refractivity contribution in [2.45, 2.75) is 32.8 Å². The van der Waals surface area contributed by atoms with E-state index in [4.69, 9.17) is 9.47 Å². The molecule has 4 nitrogen and oxygen atoms in total. The fraction of sp³-hybridized carbons (Fsp3) is 0.562. The standard InChI is InChI=1S/C16H23NO3/c1-16(2,3)20-14-6-4-13(5-7-14)12-15(18)17-8-10-19-11-9-17/h4-7H,8-12H2,1-3H3. The Hall–Kier alpha value is -1.55. The molecule has 1 amide bonds. The molecule has 4 heteroatoms. The maximum absolute atomic E-state index is 12.1. The first-order chi connectivity index (χ1) is 9.44. The first-order valence-corrected chi connectivity index (χ1v) is 7.07. The SMILES string of the molecule is CC(C)(C)Oc1ccc(CC(=O)N2CCOCC2)cc1. The predicted octanol–water partition coefficient (Wildman–Crippen LogP) is 2.27. The van der Waals surface area contributed by atoms with E-state index in [1.54, 1.807) is 0 Å². The fourth-order valence-electron chi connectivity index (χ4n) is 2.13. The van der Waals surface area contributed by atoms with Gasteiger partial charge in [-0.2, -0.15) is 0 Å². The van der Waals surface area contributed by atoms with Crippen LogP contribution < -0.4 is 4.74 Å². The van der Waals surface area contributed by atoms with E-state index in [1.807, 2.05) is 49.9 Å². The second-order valence-electron chi connectivity index (χ2n) is 6.03. The average Bonchev–Trinajstić information content (AvgIpc) is 2.40. The second-order valence-corrected chi connectivity index (χ2v) is 6.03. The van der Waals surface area contributed by atoms with Gasteiger partial charge in [0.15, 0.2) is 0 Å². The summed E-state index contributed by atoms with van der Waals surface area (Å²) in [4.78, 5) is 14.0. The van der Waals surface area contributed by atoms with Crippen molar-refractivity contribution in [3.8, 4) is 5.75 Å². The number of carbonyl (C=O) groups is 1. The van der Waals surface area contributed by atoms with Gasteiger partial charge in [-0.3, -0.25) is 4.79 Å². The summed E-state index contributed by atoms with van der Waals surface area (Å²) in [5.41, 5.74) is 0.813. The maximum Gasteiger partial charge on any atom is 0.227 e. The first kappa shape index (κ1) is 14.9. The lowest BCUT2D eigenvalue weighted by atomic mass is 10.1. The summed E-state index contributed by atoms with van der Waals surface area (Å²) >= 11 is 0. The third-order valence-corrected chi connectivity index (χ3v) is 3.07. The van der Waals surface area contributed by atoms with Gasteiger partial charge in [0.05, 0.1) is 19.6 Å². The zero-order valence-electron chi connectivity index (χ0n) is 12.5. The zero-order chi connectivity index (χ0) is 14.6. The first-order valence-electron chi connectivity index (χ1n) is 7.07. The van der Waals surface area contributed by atoms with E-state index in [0.29, 0.717) is 32.7 Å². The zero-order valence-corrected chi connectivity index (χ0v) is 12.5. The van der Waals surface area contributed by atoms with Crippen molar-refractivity contribution in [2.24, 2.45) is 0 Å². The number of carbonyl (C=O) groups excluding carboxylic acids is 1. The predicted molar refractivity (Wildman–Crippen MR) is 77.9 cm³/mol. The molecule has 0 aliphatic carbocycles. The van der Waals surface area contributed by atoms with Crippen LogP contribution >= 0.6 is 0 Å². The monoisotopic (exact) mass is 277 g/mol. The van der Waals surface area contributed by atoms with Gasteiger partial charge in [-0.25, -0.2) is 0 Å². The highest BCUT2D eigenvalue weighted by Gasteiger charge is 2.17. The quantitative estimate of drug-likeness (QED) is 0.850. The van der Waals surface area contributed by atoms with Crippen molar-refractivity contribution in [2.75, 3.05) is 26.3 Å². The normalized spacial score (nSPS) is 16.1. The third-order valence-electron chi connectivity index (χ3n) is 3.07. The van der Waals surface area contributed by atoms with Crippen LogP contribution in [0.1, 0.15) is 26.3 Å². The lowest BCUT2D eigenvalue weighted by molar-refractivity contribution is -0.134.